The summed E-state index contributed by atoms with van der Waals surface area (Å²) >= 11 is 0. The van der Waals surface area contributed by atoms with Crippen LogP contribution < -0.4 is 0 Å². The van der Waals surface area contributed by atoms with Crippen LogP contribution in [0, 0.1) is 0 Å². The number of hydrogen-bond acceptors (Lipinski definition) is 3. The van der Waals surface area contributed by atoms with Crippen molar-refractivity contribution in [2.24, 2.45) is 4.99 Å². The first-order valence-electron chi connectivity index (χ1n) is 7.21. The monoisotopic (exact) mass is 281 g/mol. The number of carbonyl (C=O) groups excluding carboxylic acids is 1. The Morgan fingerprint density at radius 2 is 1.85 bits per heavy atom. The van der Waals surface area contributed by atoms with Crippen molar-refractivity contribution in [2.75, 3.05) is 0 Å². The molecule has 0 aromatic carbocycles. The highest BCUT2D eigenvalue weighted by Gasteiger charge is 2.16. The Bertz CT molecular complexity index is 360. The molecule has 0 aromatic rings. The lowest BCUT2D eigenvalue weighted by atomic mass is 10.1. The Balaban J connectivity index is 0. The van der Waals surface area contributed by atoms with E-state index in [0.717, 1.165) is 11.1 Å². The fourth-order valence-corrected chi connectivity index (χ4v) is 1.10. The van der Waals surface area contributed by atoms with Crippen molar-refractivity contribution in [1.29, 1.82) is 0 Å². The van der Waals surface area contributed by atoms with Crippen LogP contribution in [0.3, 0.4) is 0 Å². The summed E-state index contributed by atoms with van der Waals surface area (Å²) in [5.41, 5.74) is 1.41. The molecule has 116 valence electrons. The van der Waals surface area contributed by atoms with Gasteiger partial charge < -0.3 is 4.74 Å². The summed E-state index contributed by atoms with van der Waals surface area (Å²) in [5, 5.41) is 0. The molecule has 0 saturated heterocycles. The normalized spacial score (nSPS) is 13.5. The molecule has 0 amide bonds. The highest BCUT2D eigenvalue weighted by molar-refractivity contribution is 5.87. The van der Waals surface area contributed by atoms with E-state index in [4.69, 9.17) is 4.74 Å². The average Bonchev–Trinajstić information content (AvgIpc) is 2.34. The van der Waals surface area contributed by atoms with Gasteiger partial charge in [-0.3, -0.25) is 9.79 Å². The van der Waals surface area contributed by atoms with E-state index in [1.54, 1.807) is 6.21 Å². The van der Waals surface area contributed by atoms with Gasteiger partial charge in [0.1, 0.15) is 5.60 Å². The SMILES string of the molecule is C=C(C)C(C)N=C/C(=C\C)CC(=O)OC(C)(C)C.CC. The van der Waals surface area contributed by atoms with Gasteiger partial charge >= 0.3 is 5.97 Å². The number of hydrogen-bond donors (Lipinski definition) is 0. The zero-order chi connectivity index (χ0) is 16.3. The molecule has 0 bridgehead atoms. The largest absolute Gasteiger partial charge is 0.460 e. The highest BCUT2D eigenvalue weighted by Crippen LogP contribution is 2.11. The second-order valence-electron chi connectivity index (χ2n) is 5.43. The van der Waals surface area contributed by atoms with Gasteiger partial charge in [0.05, 0.1) is 12.5 Å². The molecule has 0 aliphatic heterocycles. The Labute approximate surface area is 124 Å². The molecule has 0 aromatic heterocycles. The first-order valence-corrected chi connectivity index (χ1v) is 7.21. The van der Waals surface area contributed by atoms with E-state index in [0.29, 0.717) is 0 Å². The van der Waals surface area contributed by atoms with Gasteiger partial charge in [-0.1, -0.05) is 32.1 Å². The first kappa shape index (κ1) is 20.9. The van der Waals surface area contributed by atoms with Gasteiger partial charge in [0.2, 0.25) is 0 Å². The van der Waals surface area contributed by atoms with Crippen molar-refractivity contribution in [2.45, 2.75) is 73.5 Å². The van der Waals surface area contributed by atoms with Crippen molar-refractivity contribution in [3.63, 3.8) is 0 Å². The zero-order valence-electron chi connectivity index (χ0n) is 14.4. The third kappa shape index (κ3) is 11.7. The molecule has 1 atom stereocenters. The van der Waals surface area contributed by atoms with Gasteiger partial charge in [-0.2, -0.15) is 0 Å². The van der Waals surface area contributed by atoms with Gasteiger partial charge in [-0.25, -0.2) is 0 Å². The van der Waals surface area contributed by atoms with Crippen molar-refractivity contribution < 1.29 is 9.53 Å². The minimum Gasteiger partial charge on any atom is -0.460 e. The van der Waals surface area contributed by atoms with Gasteiger partial charge in [0, 0.05) is 6.21 Å². The zero-order valence-corrected chi connectivity index (χ0v) is 14.4. The lowest BCUT2D eigenvalue weighted by molar-refractivity contribution is -0.153. The molecule has 0 rings (SSSR count). The maximum absolute atomic E-state index is 11.7. The molecule has 0 saturated carbocycles. The molecule has 1 unspecified atom stereocenters. The minimum atomic E-state index is -0.446. The fourth-order valence-electron chi connectivity index (χ4n) is 1.10. The Morgan fingerprint density at radius 3 is 2.20 bits per heavy atom. The average molecular weight is 281 g/mol. The molecule has 0 aliphatic carbocycles. The van der Waals surface area contributed by atoms with Crippen LogP contribution in [-0.2, 0) is 9.53 Å². The number of allylic oxidation sites excluding steroid dienone is 1. The number of esters is 1. The molecule has 0 aliphatic rings. The summed E-state index contributed by atoms with van der Waals surface area (Å²) in [7, 11) is 0. The van der Waals surface area contributed by atoms with Crippen molar-refractivity contribution in [1.82, 2.24) is 0 Å². The number of nitrogens with zero attached hydrogens (tertiary/aromatic N) is 1. The van der Waals surface area contributed by atoms with Gasteiger partial charge in [0.15, 0.2) is 0 Å². The maximum atomic E-state index is 11.7. The lowest BCUT2D eigenvalue weighted by Crippen LogP contribution is -2.24. The number of ether oxygens (including phenoxy) is 1. The summed E-state index contributed by atoms with van der Waals surface area (Å²) in [4.78, 5) is 16.0. The van der Waals surface area contributed by atoms with Crippen LogP contribution >= 0.6 is 0 Å². The van der Waals surface area contributed by atoms with E-state index in [1.165, 1.54) is 0 Å². The van der Waals surface area contributed by atoms with Crippen LogP contribution in [0.5, 0.6) is 0 Å². The van der Waals surface area contributed by atoms with Crippen molar-refractivity contribution in [3.8, 4) is 0 Å². The van der Waals surface area contributed by atoms with Crippen LogP contribution in [0.2, 0.25) is 0 Å². The number of rotatable bonds is 5. The van der Waals surface area contributed by atoms with E-state index in [1.807, 2.05) is 61.5 Å². The van der Waals surface area contributed by atoms with E-state index in [-0.39, 0.29) is 18.4 Å². The standard InChI is InChI=1S/C15H25NO2.C2H6/c1-8-13(10-16-12(4)11(2)3)9-14(17)18-15(5,6)7;1-2/h8,10,12H,2,9H2,1,3-7H3;1-2H3/b13-8-,16-10?;. The first-order chi connectivity index (χ1) is 9.15. The molecule has 0 N–H and O–H groups in total. The van der Waals surface area contributed by atoms with E-state index in [9.17, 15) is 4.79 Å². The summed E-state index contributed by atoms with van der Waals surface area (Å²) < 4.78 is 5.27. The van der Waals surface area contributed by atoms with E-state index >= 15 is 0 Å². The third-order valence-electron chi connectivity index (χ3n) is 2.32. The highest BCUT2D eigenvalue weighted by atomic mass is 16.6. The van der Waals surface area contributed by atoms with Crippen LogP contribution in [0.15, 0.2) is 28.8 Å². The molecule has 0 heterocycles. The molecule has 0 fully saturated rings. The fraction of sp³-hybridized carbons (Fsp3) is 0.647. The van der Waals surface area contributed by atoms with Crippen LogP contribution in [0.1, 0.15) is 61.8 Å². The molecule has 20 heavy (non-hydrogen) atoms. The second kappa shape index (κ2) is 10.4. The predicted octanol–water partition coefficient (Wildman–Crippen LogP) is 4.73. The number of carbonyl (C=O) groups is 1. The molecule has 3 nitrogen and oxygen atoms in total. The van der Waals surface area contributed by atoms with Gasteiger partial charge in [0.25, 0.3) is 0 Å². The molecule has 0 radical (unpaired) electrons. The van der Waals surface area contributed by atoms with Crippen LogP contribution in [0.4, 0.5) is 0 Å². The Hall–Kier alpha value is -1.38. The quantitative estimate of drug-likeness (QED) is 0.415. The molecular weight excluding hydrogens is 250 g/mol. The minimum absolute atomic E-state index is 0.0681. The van der Waals surface area contributed by atoms with Gasteiger partial charge in [-0.05, 0) is 47.1 Å². The van der Waals surface area contributed by atoms with Crippen LogP contribution in [-0.4, -0.2) is 23.8 Å². The lowest BCUT2D eigenvalue weighted by Gasteiger charge is -2.19. The topological polar surface area (TPSA) is 38.7 Å². The summed E-state index contributed by atoms with van der Waals surface area (Å²) in [5.74, 6) is -0.231. The maximum Gasteiger partial charge on any atom is 0.310 e. The third-order valence-corrected chi connectivity index (χ3v) is 2.32. The molecule has 3 heteroatoms. The predicted molar refractivity (Wildman–Crippen MR) is 88.3 cm³/mol. The second-order valence-corrected chi connectivity index (χ2v) is 5.43. The van der Waals surface area contributed by atoms with Gasteiger partial charge in [-0.15, -0.1) is 0 Å². The van der Waals surface area contributed by atoms with Crippen molar-refractivity contribution in [3.05, 3.63) is 23.8 Å². The van der Waals surface area contributed by atoms with E-state index < -0.39 is 5.60 Å². The van der Waals surface area contributed by atoms with E-state index in [2.05, 4.69) is 11.6 Å². The number of aliphatic imine (C=N–C) groups is 1. The molecule has 0 spiro atoms. The van der Waals surface area contributed by atoms with Crippen molar-refractivity contribution >= 4 is 12.2 Å². The summed E-state index contributed by atoms with van der Waals surface area (Å²) in [6, 6.07) is 0.0681. The molecular formula is C17H31NO2. The smallest absolute Gasteiger partial charge is 0.310 e. The summed E-state index contributed by atoms with van der Waals surface area (Å²) in [6.45, 7) is 19.2. The Kier molecular flexibility index (Phi) is 10.9. The Morgan fingerprint density at radius 1 is 1.35 bits per heavy atom. The van der Waals surface area contributed by atoms with Crippen LogP contribution in [0.25, 0.3) is 0 Å². The summed E-state index contributed by atoms with van der Waals surface area (Å²) in [6.07, 6.45) is 3.85.